The van der Waals surface area contributed by atoms with Crippen LogP contribution in [0.3, 0.4) is 0 Å². The van der Waals surface area contributed by atoms with Crippen molar-refractivity contribution in [3.63, 3.8) is 0 Å². The Bertz CT molecular complexity index is 1020. The van der Waals surface area contributed by atoms with Gasteiger partial charge in [0.1, 0.15) is 0 Å². The number of fused-ring (bicyclic) bond motifs is 1. The number of aromatic nitrogens is 3. The standard InChI is InChI=1S/C21H24N4S/c1-12(2)16-6-5-13(3)19-17(9-14(4)18(19)10-16)11-22-25-20(15-7-8-15)23-24-21(25)26/h5-6,9-12,15H,7-8H2,1-4H3,(H,24,26)/b22-11-. The molecule has 0 atom stereocenters. The van der Waals surface area contributed by atoms with E-state index in [0.717, 1.165) is 11.4 Å². The molecular weight excluding hydrogens is 340 g/mol. The number of nitrogens with one attached hydrogen (secondary N) is 1. The summed E-state index contributed by atoms with van der Waals surface area (Å²) >= 11 is 5.36. The van der Waals surface area contributed by atoms with Crippen LogP contribution in [0.2, 0.25) is 0 Å². The summed E-state index contributed by atoms with van der Waals surface area (Å²) in [7, 11) is 0. The third kappa shape index (κ3) is 3.01. The maximum absolute atomic E-state index is 5.36. The molecule has 1 aromatic rings. The lowest BCUT2D eigenvalue weighted by Crippen LogP contribution is -1.97. The first-order valence-electron chi connectivity index (χ1n) is 9.21. The molecule has 5 heteroatoms. The predicted molar refractivity (Wildman–Crippen MR) is 109 cm³/mol. The Kier molecular flexibility index (Phi) is 4.27. The van der Waals surface area contributed by atoms with E-state index < -0.39 is 0 Å². The second-order valence-electron chi connectivity index (χ2n) is 7.60. The molecule has 4 rings (SSSR count). The van der Waals surface area contributed by atoms with Crippen molar-refractivity contribution >= 4 is 18.4 Å². The van der Waals surface area contributed by atoms with Crippen molar-refractivity contribution in [1.29, 1.82) is 0 Å². The predicted octanol–water partition coefficient (Wildman–Crippen LogP) is 5.55. The molecule has 0 unspecified atom stereocenters. The van der Waals surface area contributed by atoms with Crippen molar-refractivity contribution in [2.24, 2.45) is 5.10 Å². The van der Waals surface area contributed by atoms with Crippen molar-refractivity contribution in [3.8, 4) is 11.1 Å². The first-order valence-corrected chi connectivity index (χ1v) is 9.62. The van der Waals surface area contributed by atoms with Crippen LogP contribution in [0.4, 0.5) is 0 Å². The van der Waals surface area contributed by atoms with Crippen LogP contribution in [-0.2, 0) is 0 Å². The summed E-state index contributed by atoms with van der Waals surface area (Å²) in [5.41, 5.74) is 7.59. The molecule has 26 heavy (non-hydrogen) atoms. The average molecular weight is 365 g/mol. The van der Waals surface area contributed by atoms with Crippen molar-refractivity contribution in [2.75, 3.05) is 0 Å². The van der Waals surface area contributed by atoms with Crippen molar-refractivity contribution in [3.05, 3.63) is 57.1 Å². The van der Waals surface area contributed by atoms with Crippen LogP contribution >= 0.6 is 12.2 Å². The minimum absolute atomic E-state index is 0.492. The highest BCUT2D eigenvalue weighted by Gasteiger charge is 2.29. The van der Waals surface area contributed by atoms with Crippen LogP contribution in [0.15, 0.2) is 29.4 Å². The van der Waals surface area contributed by atoms with E-state index in [4.69, 9.17) is 12.2 Å². The van der Waals surface area contributed by atoms with E-state index >= 15 is 0 Å². The summed E-state index contributed by atoms with van der Waals surface area (Å²) in [4.78, 5) is 0. The van der Waals surface area contributed by atoms with E-state index in [1.54, 1.807) is 4.68 Å². The Labute approximate surface area is 159 Å². The van der Waals surface area contributed by atoms with Crippen LogP contribution in [0, 0.1) is 18.6 Å². The molecule has 0 bridgehead atoms. The Morgan fingerprint density at radius 1 is 1.23 bits per heavy atom. The zero-order valence-corrected chi connectivity index (χ0v) is 16.5. The summed E-state index contributed by atoms with van der Waals surface area (Å²) in [6, 6.07) is 8.98. The Morgan fingerprint density at radius 2 is 2.00 bits per heavy atom. The summed E-state index contributed by atoms with van der Waals surface area (Å²) in [6.45, 7) is 8.80. The van der Waals surface area contributed by atoms with Crippen molar-refractivity contribution in [2.45, 2.75) is 52.4 Å². The lowest BCUT2D eigenvalue weighted by molar-refractivity contribution is 0.773. The molecule has 3 aliphatic carbocycles. The van der Waals surface area contributed by atoms with Gasteiger partial charge in [-0.25, -0.2) is 0 Å². The van der Waals surface area contributed by atoms with E-state index in [0.29, 0.717) is 16.6 Å². The lowest BCUT2D eigenvalue weighted by atomic mass is 10.0. The van der Waals surface area contributed by atoms with Gasteiger partial charge in [0, 0.05) is 11.5 Å². The van der Waals surface area contributed by atoms with Crippen LogP contribution in [0.1, 0.15) is 66.6 Å². The van der Waals surface area contributed by atoms with Gasteiger partial charge in [-0.1, -0.05) is 32.0 Å². The van der Waals surface area contributed by atoms with Crippen molar-refractivity contribution < 1.29 is 0 Å². The number of aromatic amines is 1. The van der Waals surface area contributed by atoms with Gasteiger partial charge < -0.3 is 0 Å². The smallest absolute Gasteiger partial charge is 0.216 e. The third-order valence-corrected chi connectivity index (χ3v) is 5.45. The summed E-state index contributed by atoms with van der Waals surface area (Å²) in [6.07, 6.45) is 4.26. The zero-order chi connectivity index (χ0) is 18.4. The largest absolute Gasteiger partial charge is 0.250 e. The molecule has 3 aliphatic rings. The zero-order valence-electron chi connectivity index (χ0n) is 15.7. The molecule has 1 saturated carbocycles. The number of nitrogens with zero attached hydrogens (tertiary/aromatic N) is 3. The summed E-state index contributed by atoms with van der Waals surface area (Å²) in [5.74, 6) is 1.94. The van der Waals surface area contributed by atoms with Gasteiger partial charge in [-0.15, -0.1) is 0 Å². The van der Waals surface area contributed by atoms with E-state index in [2.05, 4.69) is 67.3 Å². The second kappa shape index (κ2) is 6.47. The van der Waals surface area contributed by atoms with Gasteiger partial charge >= 0.3 is 0 Å². The molecule has 1 N–H and O–H groups in total. The van der Waals surface area contributed by atoms with Crippen molar-refractivity contribution in [1.82, 2.24) is 14.9 Å². The van der Waals surface area contributed by atoms with E-state index in [-0.39, 0.29) is 0 Å². The maximum Gasteiger partial charge on any atom is 0.216 e. The lowest BCUT2D eigenvalue weighted by Gasteiger charge is -2.04. The minimum atomic E-state index is 0.492. The van der Waals surface area contributed by atoms with E-state index in [1.807, 2.05) is 6.21 Å². The van der Waals surface area contributed by atoms with Crippen LogP contribution < -0.4 is 0 Å². The monoisotopic (exact) mass is 364 g/mol. The number of hydrogen-bond acceptors (Lipinski definition) is 3. The minimum Gasteiger partial charge on any atom is -0.250 e. The van der Waals surface area contributed by atoms with Gasteiger partial charge in [-0.3, -0.25) is 5.10 Å². The van der Waals surface area contributed by atoms with E-state index in [9.17, 15) is 0 Å². The fourth-order valence-electron chi connectivity index (χ4n) is 3.48. The SMILES string of the molecule is Cc1cc(/C=N\n2c(C3CC3)n[nH]c2=S)c2c(C)ccc(C(C)C)cc1-2. The maximum atomic E-state index is 5.36. The quantitative estimate of drug-likeness (QED) is 0.487. The molecule has 0 radical (unpaired) electrons. The van der Waals surface area contributed by atoms with Crippen LogP contribution in [-0.4, -0.2) is 21.1 Å². The van der Waals surface area contributed by atoms with Crippen LogP contribution in [0.5, 0.6) is 0 Å². The molecular formula is C21H24N4S. The molecule has 0 aliphatic heterocycles. The molecule has 1 aromatic heterocycles. The van der Waals surface area contributed by atoms with Gasteiger partial charge in [0.05, 0.1) is 6.21 Å². The molecule has 4 nitrogen and oxygen atoms in total. The van der Waals surface area contributed by atoms with Gasteiger partial charge in [0.25, 0.3) is 0 Å². The highest BCUT2D eigenvalue weighted by atomic mass is 32.1. The van der Waals surface area contributed by atoms with Gasteiger partial charge in [0.2, 0.25) is 4.77 Å². The number of H-pyrrole nitrogens is 1. The Hall–Kier alpha value is -2.27. The van der Waals surface area contributed by atoms with Crippen LogP contribution in [0.25, 0.3) is 11.1 Å². The molecule has 1 fully saturated rings. The number of hydrogen-bond donors (Lipinski definition) is 1. The Morgan fingerprint density at radius 3 is 2.69 bits per heavy atom. The molecule has 1 heterocycles. The van der Waals surface area contributed by atoms with Gasteiger partial charge in [-0.05, 0) is 78.7 Å². The second-order valence-corrected chi connectivity index (χ2v) is 7.99. The number of rotatable bonds is 4. The first kappa shape index (κ1) is 17.2. The fourth-order valence-corrected chi connectivity index (χ4v) is 3.67. The highest BCUT2D eigenvalue weighted by molar-refractivity contribution is 7.71. The molecule has 0 spiro atoms. The molecule has 0 amide bonds. The fraction of sp³-hybridized carbons (Fsp3) is 0.381. The van der Waals surface area contributed by atoms with Gasteiger partial charge in [0.15, 0.2) is 5.82 Å². The average Bonchev–Trinajstić information content (AvgIpc) is 3.33. The molecule has 0 saturated heterocycles. The Balaban J connectivity index is 1.80. The third-order valence-electron chi connectivity index (χ3n) is 5.18. The summed E-state index contributed by atoms with van der Waals surface area (Å²) < 4.78 is 2.33. The van der Waals surface area contributed by atoms with Gasteiger partial charge in [-0.2, -0.15) is 14.9 Å². The first-order chi connectivity index (χ1) is 12.5. The normalized spacial score (nSPS) is 14.8. The molecule has 134 valence electrons. The highest BCUT2D eigenvalue weighted by Crippen LogP contribution is 2.39. The summed E-state index contributed by atoms with van der Waals surface area (Å²) in [5, 5.41) is 11.9. The van der Waals surface area contributed by atoms with E-state index in [1.165, 1.54) is 40.7 Å². The molecule has 0 aromatic carbocycles. The number of aryl methyl sites for hydroxylation is 2. The topological polar surface area (TPSA) is 46.0 Å².